The van der Waals surface area contributed by atoms with E-state index in [9.17, 15) is 4.39 Å². The molecule has 0 aliphatic carbocycles. The highest BCUT2D eigenvalue weighted by Gasteiger charge is 2.13. The normalized spacial score (nSPS) is 10.5. The maximum Gasteiger partial charge on any atom is 0.143 e. The number of benzene rings is 2. The van der Waals surface area contributed by atoms with Crippen LogP contribution in [0, 0.1) is 12.7 Å². The molecule has 0 atom stereocenters. The summed E-state index contributed by atoms with van der Waals surface area (Å²) in [4.78, 5) is 2.01. The lowest BCUT2D eigenvalue weighted by Crippen LogP contribution is -2.17. The molecule has 0 saturated heterocycles. The Morgan fingerprint density at radius 3 is 2.63 bits per heavy atom. The summed E-state index contributed by atoms with van der Waals surface area (Å²) in [6, 6.07) is 10.9. The van der Waals surface area contributed by atoms with Crippen LogP contribution < -0.4 is 10.6 Å². The summed E-state index contributed by atoms with van der Waals surface area (Å²) >= 11 is 5.85. The largest absolute Gasteiger partial charge is 0.397 e. The molecule has 0 spiro atoms. The maximum absolute atomic E-state index is 13.4. The molecule has 0 aliphatic rings. The van der Waals surface area contributed by atoms with Crippen LogP contribution in [0.2, 0.25) is 5.02 Å². The highest BCUT2D eigenvalue weighted by molar-refractivity contribution is 6.31. The molecule has 4 heteroatoms. The first kappa shape index (κ1) is 13.7. The highest BCUT2D eigenvalue weighted by atomic mass is 35.5. The summed E-state index contributed by atoms with van der Waals surface area (Å²) in [6.07, 6.45) is 0. The van der Waals surface area contributed by atoms with Crippen LogP contribution in [0.15, 0.2) is 36.4 Å². The summed E-state index contributed by atoms with van der Waals surface area (Å²) in [5, 5.41) is 0.0790. The first-order valence-electron chi connectivity index (χ1n) is 6.11. The van der Waals surface area contributed by atoms with E-state index in [0.717, 1.165) is 23.5 Å². The van der Waals surface area contributed by atoms with Crippen molar-refractivity contribution in [1.29, 1.82) is 0 Å². The van der Waals surface area contributed by atoms with E-state index >= 15 is 0 Å². The number of halogens is 2. The monoisotopic (exact) mass is 278 g/mol. The zero-order valence-electron chi connectivity index (χ0n) is 11.0. The minimum Gasteiger partial charge on any atom is -0.397 e. The van der Waals surface area contributed by atoms with Crippen molar-refractivity contribution in [1.82, 2.24) is 0 Å². The molecule has 2 rings (SSSR count). The van der Waals surface area contributed by atoms with Crippen LogP contribution in [0.5, 0.6) is 0 Å². The molecule has 2 aromatic rings. The number of hydrogen-bond donors (Lipinski definition) is 1. The second kappa shape index (κ2) is 5.49. The van der Waals surface area contributed by atoms with Crippen molar-refractivity contribution in [3.8, 4) is 0 Å². The summed E-state index contributed by atoms with van der Waals surface area (Å²) in [7, 11) is 0. The number of nitrogens with zero attached hydrogens (tertiary/aromatic N) is 1. The van der Waals surface area contributed by atoms with E-state index in [1.165, 1.54) is 6.07 Å². The molecule has 2 aromatic carbocycles. The third-order valence-electron chi connectivity index (χ3n) is 2.99. The van der Waals surface area contributed by atoms with Crippen molar-refractivity contribution in [3.05, 3.63) is 52.8 Å². The Hall–Kier alpha value is -1.74. The molecule has 0 aromatic heterocycles. The molecule has 19 heavy (non-hydrogen) atoms. The minimum atomic E-state index is -0.497. The predicted octanol–water partition coefficient (Wildman–Crippen LogP) is 4.53. The second-order valence-electron chi connectivity index (χ2n) is 4.41. The van der Waals surface area contributed by atoms with Gasteiger partial charge in [-0.2, -0.15) is 0 Å². The van der Waals surface area contributed by atoms with Crippen LogP contribution in [0.1, 0.15) is 12.5 Å². The number of rotatable bonds is 3. The van der Waals surface area contributed by atoms with Crippen molar-refractivity contribution in [2.24, 2.45) is 0 Å². The van der Waals surface area contributed by atoms with E-state index in [1.54, 1.807) is 6.07 Å². The molecule has 0 bridgehead atoms. The Morgan fingerprint density at radius 1 is 1.26 bits per heavy atom. The van der Waals surface area contributed by atoms with Crippen LogP contribution in [0.3, 0.4) is 0 Å². The summed E-state index contributed by atoms with van der Waals surface area (Å²) in [5.74, 6) is -0.497. The summed E-state index contributed by atoms with van der Waals surface area (Å²) in [5.41, 5.74) is 9.17. The summed E-state index contributed by atoms with van der Waals surface area (Å²) < 4.78 is 13.4. The van der Waals surface area contributed by atoms with Crippen molar-refractivity contribution in [2.75, 3.05) is 17.2 Å². The first-order chi connectivity index (χ1) is 9.02. The maximum atomic E-state index is 13.4. The van der Waals surface area contributed by atoms with Crippen LogP contribution in [-0.2, 0) is 0 Å². The fourth-order valence-corrected chi connectivity index (χ4v) is 2.23. The highest BCUT2D eigenvalue weighted by Crippen LogP contribution is 2.34. The number of nitrogen functional groups attached to an aromatic ring is 1. The van der Waals surface area contributed by atoms with Gasteiger partial charge in [-0.05, 0) is 37.6 Å². The number of nitrogens with two attached hydrogens (primary N) is 1. The molecule has 2 N–H and O–H groups in total. The number of aryl methyl sites for hydroxylation is 1. The molecule has 0 aliphatic heterocycles. The van der Waals surface area contributed by atoms with Gasteiger partial charge in [0.15, 0.2) is 0 Å². The third kappa shape index (κ3) is 2.82. The quantitative estimate of drug-likeness (QED) is 0.836. The van der Waals surface area contributed by atoms with Gasteiger partial charge in [-0.1, -0.05) is 23.7 Å². The van der Waals surface area contributed by atoms with E-state index in [1.807, 2.05) is 36.9 Å². The fourth-order valence-electron chi connectivity index (χ4n) is 2.07. The SMILES string of the molecule is CCN(c1cccc(C)c1)c1cc(Cl)c(F)cc1N. The molecular formula is C15H16ClFN2. The van der Waals surface area contributed by atoms with E-state index < -0.39 is 5.82 Å². The Kier molecular flexibility index (Phi) is 3.96. The Morgan fingerprint density at radius 2 is 2.00 bits per heavy atom. The van der Waals surface area contributed by atoms with Gasteiger partial charge >= 0.3 is 0 Å². The number of anilines is 3. The Bertz CT molecular complexity index is 599. The van der Waals surface area contributed by atoms with Crippen LogP contribution >= 0.6 is 11.6 Å². The average molecular weight is 279 g/mol. The van der Waals surface area contributed by atoms with Crippen molar-refractivity contribution in [3.63, 3.8) is 0 Å². The molecule has 0 radical (unpaired) electrons. The van der Waals surface area contributed by atoms with Crippen molar-refractivity contribution >= 4 is 28.7 Å². The third-order valence-corrected chi connectivity index (χ3v) is 3.28. The van der Waals surface area contributed by atoms with Crippen LogP contribution in [0.4, 0.5) is 21.5 Å². The molecule has 0 unspecified atom stereocenters. The summed E-state index contributed by atoms with van der Waals surface area (Å²) in [6.45, 7) is 4.76. The van der Waals surface area contributed by atoms with Gasteiger partial charge in [0.05, 0.1) is 16.4 Å². The zero-order valence-corrected chi connectivity index (χ0v) is 11.7. The average Bonchev–Trinajstić information content (AvgIpc) is 2.36. The zero-order chi connectivity index (χ0) is 14.0. The van der Waals surface area contributed by atoms with Gasteiger partial charge < -0.3 is 10.6 Å². The van der Waals surface area contributed by atoms with Gasteiger partial charge in [-0.15, -0.1) is 0 Å². The number of hydrogen-bond acceptors (Lipinski definition) is 2. The topological polar surface area (TPSA) is 29.3 Å². The van der Waals surface area contributed by atoms with Gasteiger partial charge in [-0.3, -0.25) is 0 Å². The van der Waals surface area contributed by atoms with Gasteiger partial charge in [0.1, 0.15) is 5.82 Å². The van der Waals surface area contributed by atoms with Crippen molar-refractivity contribution < 1.29 is 4.39 Å². The standard InChI is InChI=1S/C15H16ClFN2/c1-3-19(11-6-4-5-10(2)7-11)15-8-12(16)13(17)9-14(15)18/h4-9H,3,18H2,1-2H3. The second-order valence-corrected chi connectivity index (χ2v) is 4.82. The van der Waals surface area contributed by atoms with Gasteiger partial charge in [0, 0.05) is 18.3 Å². The smallest absolute Gasteiger partial charge is 0.143 e. The lowest BCUT2D eigenvalue weighted by molar-refractivity contribution is 0.629. The molecular weight excluding hydrogens is 263 g/mol. The fraction of sp³-hybridized carbons (Fsp3) is 0.200. The van der Waals surface area contributed by atoms with Gasteiger partial charge in [-0.25, -0.2) is 4.39 Å². The van der Waals surface area contributed by atoms with Gasteiger partial charge in [0.25, 0.3) is 0 Å². The molecule has 0 heterocycles. The van der Waals surface area contributed by atoms with Crippen molar-refractivity contribution in [2.45, 2.75) is 13.8 Å². The Balaban J connectivity index is 2.51. The van der Waals surface area contributed by atoms with Crippen LogP contribution in [-0.4, -0.2) is 6.54 Å². The minimum absolute atomic E-state index is 0.0790. The van der Waals surface area contributed by atoms with Gasteiger partial charge in [0.2, 0.25) is 0 Å². The van der Waals surface area contributed by atoms with E-state index in [0.29, 0.717) is 5.69 Å². The van der Waals surface area contributed by atoms with E-state index in [-0.39, 0.29) is 5.02 Å². The lowest BCUT2D eigenvalue weighted by Gasteiger charge is -2.25. The van der Waals surface area contributed by atoms with Crippen LogP contribution in [0.25, 0.3) is 0 Å². The first-order valence-corrected chi connectivity index (χ1v) is 6.49. The lowest BCUT2D eigenvalue weighted by atomic mass is 10.1. The predicted molar refractivity (Wildman–Crippen MR) is 79.7 cm³/mol. The molecule has 2 nitrogen and oxygen atoms in total. The van der Waals surface area contributed by atoms with E-state index in [4.69, 9.17) is 17.3 Å². The molecule has 100 valence electrons. The molecule has 0 saturated carbocycles. The Labute approximate surface area is 117 Å². The molecule has 0 amide bonds. The molecule has 0 fully saturated rings. The van der Waals surface area contributed by atoms with E-state index in [2.05, 4.69) is 6.07 Å².